The van der Waals surface area contributed by atoms with Crippen LogP contribution in [0, 0.1) is 6.92 Å². The molecule has 0 aliphatic carbocycles. The molecule has 106 valence electrons. The molecule has 2 rings (SSSR count). The SMILES string of the molecule is Cc1c(C(=O)OCC(=O)N(C)C)oc2ccc(Br)cc12. The highest BCUT2D eigenvalue weighted by Gasteiger charge is 2.20. The fraction of sp³-hybridized carbons (Fsp3) is 0.286. The number of hydrogen-bond acceptors (Lipinski definition) is 4. The first-order valence-electron chi connectivity index (χ1n) is 5.96. The molecule has 0 N–H and O–H groups in total. The molecule has 0 unspecified atom stereocenters. The number of benzene rings is 1. The fourth-order valence-corrected chi connectivity index (χ4v) is 2.07. The lowest BCUT2D eigenvalue weighted by Gasteiger charge is -2.09. The van der Waals surface area contributed by atoms with E-state index in [0.29, 0.717) is 11.1 Å². The predicted octanol–water partition coefficient (Wildman–Crippen LogP) is 2.75. The Morgan fingerprint density at radius 1 is 1.35 bits per heavy atom. The van der Waals surface area contributed by atoms with Crippen LogP contribution in [0.3, 0.4) is 0 Å². The van der Waals surface area contributed by atoms with E-state index in [1.54, 1.807) is 27.1 Å². The Morgan fingerprint density at radius 3 is 2.70 bits per heavy atom. The van der Waals surface area contributed by atoms with Crippen molar-refractivity contribution in [2.75, 3.05) is 20.7 Å². The van der Waals surface area contributed by atoms with Gasteiger partial charge < -0.3 is 14.1 Å². The van der Waals surface area contributed by atoms with Gasteiger partial charge in [0, 0.05) is 29.5 Å². The normalized spacial score (nSPS) is 10.6. The van der Waals surface area contributed by atoms with Gasteiger partial charge in [0.2, 0.25) is 5.76 Å². The lowest BCUT2D eigenvalue weighted by Crippen LogP contribution is -2.27. The molecule has 0 fully saturated rings. The highest BCUT2D eigenvalue weighted by atomic mass is 79.9. The average Bonchev–Trinajstić information content (AvgIpc) is 2.73. The maximum atomic E-state index is 11.9. The zero-order chi connectivity index (χ0) is 14.9. The number of amides is 1. The van der Waals surface area contributed by atoms with Crippen molar-refractivity contribution in [1.82, 2.24) is 4.90 Å². The summed E-state index contributed by atoms with van der Waals surface area (Å²) in [5.74, 6) is -0.787. The summed E-state index contributed by atoms with van der Waals surface area (Å²) in [6, 6.07) is 5.47. The number of nitrogens with zero attached hydrogens (tertiary/aromatic N) is 1. The molecule has 0 aliphatic heterocycles. The highest BCUT2D eigenvalue weighted by Crippen LogP contribution is 2.28. The minimum atomic E-state index is -0.634. The van der Waals surface area contributed by atoms with Gasteiger partial charge >= 0.3 is 5.97 Å². The summed E-state index contributed by atoms with van der Waals surface area (Å²) in [6.45, 7) is 1.48. The molecule has 0 saturated heterocycles. The van der Waals surface area contributed by atoms with Crippen LogP contribution in [-0.2, 0) is 9.53 Å². The molecule has 1 amide bonds. The van der Waals surface area contributed by atoms with Gasteiger partial charge in [0.25, 0.3) is 5.91 Å². The van der Waals surface area contributed by atoms with Crippen LogP contribution in [0.4, 0.5) is 0 Å². The van der Waals surface area contributed by atoms with Crippen molar-refractivity contribution in [1.29, 1.82) is 0 Å². The number of halogens is 1. The number of carbonyl (C=O) groups is 2. The van der Waals surface area contributed by atoms with Crippen molar-refractivity contribution >= 4 is 38.8 Å². The molecule has 0 spiro atoms. The molecular weight excluding hydrogens is 326 g/mol. The van der Waals surface area contributed by atoms with Crippen LogP contribution in [-0.4, -0.2) is 37.5 Å². The van der Waals surface area contributed by atoms with Gasteiger partial charge in [0.15, 0.2) is 6.61 Å². The Hall–Kier alpha value is -1.82. The van der Waals surface area contributed by atoms with E-state index < -0.39 is 5.97 Å². The molecular formula is C14H14BrNO4. The number of fused-ring (bicyclic) bond motifs is 1. The number of ether oxygens (including phenoxy) is 1. The number of carbonyl (C=O) groups excluding carboxylic acids is 2. The van der Waals surface area contributed by atoms with E-state index in [2.05, 4.69) is 15.9 Å². The summed E-state index contributed by atoms with van der Waals surface area (Å²) in [7, 11) is 3.19. The smallest absolute Gasteiger partial charge is 0.375 e. The second-order valence-corrected chi connectivity index (χ2v) is 5.48. The Labute approximate surface area is 124 Å². The third-order valence-corrected chi connectivity index (χ3v) is 3.40. The van der Waals surface area contributed by atoms with E-state index in [1.807, 2.05) is 12.1 Å². The highest BCUT2D eigenvalue weighted by molar-refractivity contribution is 9.10. The molecule has 1 aromatic heterocycles. The molecule has 5 nitrogen and oxygen atoms in total. The van der Waals surface area contributed by atoms with Gasteiger partial charge in [-0.05, 0) is 25.1 Å². The quantitative estimate of drug-likeness (QED) is 0.806. The monoisotopic (exact) mass is 339 g/mol. The van der Waals surface area contributed by atoms with Gasteiger partial charge in [0.1, 0.15) is 5.58 Å². The van der Waals surface area contributed by atoms with Crippen LogP contribution in [0.25, 0.3) is 11.0 Å². The molecule has 0 saturated carbocycles. The topological polar surface area (TPSA) is 59.8 Å². The summed E-state index contributed by atoms with van der Waals surface area (Å²) in [5.41, 5.74) is 1.31. The molecule has 0 aliphatic rings. The largest absolute Gasteiger partial charge is 0.450 e. The molecule has 0 radical (unpaired) electrons. The molecule has 1 aromatic carbocycles. The third-order valence-electron chi connectivity index (χ3n) is 2.91. The van der Waals surface area contributed by atoms with Crippen molar-refractivity contribution in [3.05, 3.63) is 34.0 Å². The number of rotatable bonds is 3. The zero-order valence-corrected chi connectivity index (χ0v) is 13.0. The molecule has 2 aromatic rings. The van der Waals surface area contributed by atoms with Crippen LogP contribution in [0.5, 0.6) is 0 Å². The van der Waals surface area contributed by atoms with Crippen molar-refractivity contribution in [3.8, 4) is 0 Å². The Balaban J connectivity index is 2.22. The summed E-state index contributed by atoms with van der Waals surface area (Å²) >= 11 is 3.37. The van der Waals surface area contributed by atoms with Gasteiger partial charge in [-0.25, -0.2) is 4.79 Å². The average molecular weight is 340 g/mol. The second-order valence-electron chi connectivity index (χ2n) is 4.56. The summed E-state index contributed by atoms with van der Waals surface area (Å²) in [5, 5.41) is 0.838. The van der Waals surface area contributed by atoms with E-state index in [1.165, 1.54) is 4.90 Å². The van der Waals surface area contributed by atoms with Gasteiger partial charge in [0.05, 0.1) is 0 Å². The van der Waals surface area contributed by atoms with Gasteiger partial charge in [-0.3, -0.25) is 4.79 Å². The number of aryl methyl sites for hydroxylation is 1. The number of furan rings is 1. The maximum absolute atomic E-state index is 11.9. The van der Waals surface area contributed by atoms with Gasteiger partial charge in [-0.2, -0.15) is 0 Å². The van der Waals surface area contributed by atoms with Crippen LogP contribution >= 0.6 is 15.9 Å². The molecule has 0 atom stereocenters. The van der Waals surface area contributed by atoms with E-state index >= 15 is 0 Å². The minimum absolute atomic E-state index is 0.129. The molecule has 0 bridgehead atoms. The number of hydrogen-bond donors (Lipinski definition) is 0. The van der Waals surface area contributed by atoms with Gasteiger partial charge in [-0.1, -0.05) is 15.9 Å². The van der Waals surface area contributed by atoms with Gasteiger partial charge in [-0.15, -0.1) is 0 Å². The first kappa shape index (κ1) is 14.6. The molecule has 6 heteroatoms. The first-order chi connectivity index (χ1) is 9.40. The second kappa shape index (κ2) is 5.66. The molecule has 20 heavy (non-hydrogen) atoms. The third kappa shape index (κ3) is 2.85. The van der Waals surface area contributed by atoms with Crippen molar-refractivity contribution in [2.24, 2.45) is 0 Å². The first-order valence-corrected chi connectivity index (χ1v) is 6.75. The predicted molar refractivity (Wildman–Crippen MR) is 77.6 cm³/mol. The van der Waals surface area contributed by atoms with Crippen LogP contribution in [0.15, 0.2) is 27.1 Å². The Kier molecular flexibility index (Phi) is 4.13. The van der Waals surface area contributed by atoms with Crippen molar-refractivity contribution in [3.63, 3.8) is 0 Å². The standard InChI is InChI=1S/C14H14BrNO4/c1-8-10-6-9(15)4-5-11(10)20-13(8)14(18)19-7-12(17)16(2)3/h4-6H,7H2,1-3H3. The van der Waals surface area contributed by atoms with Crippen LogP contribution < -0.4 is 0 Å². The van der Waals surface area contributed by atoms with Crippen LogP contribution in [0.1, 0.15) is 16.1 Å². The van der Waals surface area contributed by atoms with E-state index in [0.717, 1.165) is 9.86 Å². The Bertz CT molecular complexity index is 675. The van der Waals surface area contributed by atoms with Crippen molar-refractivity contribution in [2.45, 2.75) is 6.92 Å². The maximum Gasteiger partial charge on any atom is 0.375 e. The summed E-state index contributed by atoms with van der Waals surface area (Å²) in [6.07, 6.45) is 0. The lowest BCUT2D eigenvalue weighted by atomic mass is 10.1. The van der Waals surface area contributed by atoms with E-state index in [4.69, 9.17) is 9.15 Å². The van der Waals surface area contributed by atoms with E-state index in [-0.39, 0.29) is 18.3 Å². The Morgan fingerprint density at radius 2 is 2.05 bits per heavy atom. The number of esters is 1. The van der Waals surface area contributed by atoms with Crippen LogP contribution in [0.2, 0.25) is 0 Å². The minimum Gasteiger partial charge on any atom is -0.450 e. The number of likely N-dealkylation sites (N-methyl/N-ethyl adjacent to an activating group) is 1. The zero-order valence-electron chi connectivity index (χ0n) is 11.4. The van der Waals surface area contributed by atoms with Crippen molar-refractivity contribution < 1.29 is 18.7 Å². The summed E-state index contributed by atoms with van der Waals surface area (Å²) < 4.78 is 11.3. The fourth-order valence-electron chi connectivity index (χ4n) is 1.71. The lowest BCUT2D eigenvalue weighted by molar-refractivity contribution is -0.132. The molecule has 1 heterocycles. The van der Waals surface area contributed by atoms with E-state index in [9.17, 15) is 9.59 Å². The summed E-state index contributed by atoms with van der Waals surface area (Å²) in [4.78, 5) is 24.7.